The van der Waals surface area contributed by atoms with Crippen LogP contribution in [-0.4, -0.2) is 86.5 Å². The molecule has 0 atom stereocenters. The molecule has 5 rings (SSSR count). The van der Waals surface area contributed by atoms with Crippen molar-refractivity contribution in [2.24, 2.45) is 10.4 Å². The number of hydrazine groups is 1. The van der Waals surface area contributed by atoms with E-state index in [1.807, 2.05) is 27.0 Å². The van der Waals surface area contributed by atoms with Crippen LogP contribution in [0.3, 0.4) is 0 Å². The molecule has 1 amide bonds. The number of carbonyl (C=O) groups excluding carboxylic acids is 2. The first-order valence-electron chi connectivity index (χ1n) is 15.4. The number of likely N-dealkylation sites (N-methyl/N-ethyl adjacent to an activating group) is 1. The quantitative estimate of drug-likeness (QED) is 0.343. The molecule has 12 heteroatoms. The van der Waals surface area contributed by atoms with Crippen molar-refractivity contribution in [2.45, 2.75) is 53.6 Å². The number of hydrogen-bond acceptors (Lipinski definition) is 11. The van der Waals surface area contributed by atoms with Gasteiger partial charge in [-0.2, -0.15) is 0 Å². The molecule has 0 radical (unpaired) electrons. The highest BCUT2D eigenvalue weighted by molar-refractivity contribution is 5.97. The summed E-state index contributed by atoms with van der Waals surface area (Å²) in [7, 11) is 2.16. The lowest BCUT2D eigenvalue weighted by Crippen LogP contribution is -2.44. The lowest BCUT2D eigenvalue weighted by molar-refractivity contribution is -0.140. The van der Waals surface area contributed by atoms with Crippen LogP contribution in [0.4, 0.5) is 16.2 Å². The summed E-state index contributed by atoms with van der Waals surface area (Å²) in [5.74, 6) is 0.179. The molecule has 1 aliphatic carbocycles. The highest BCUT2D eigenvalue weighted by atomic mass is 16.6. The SMILES string of the molecule is CCOC(=O)C1=C2C(=C3NC(Nc4ccc(N5CCN(C)CC5)cc4)=NC=C3CC2(C)C)NN1CCNC(=O)OC(C)(C)C. The average molecular weight is 607 g/mol. The standard InChI is InChI=1S/C32H46N8O4/c1-8-43-28(41)27-24-26(37-40(27)14-13-33-30(42)44-31(2,3)4)25-21(19-32(24,5)6)20-34-29(36-25)35-22-9-11-23(12-10-22)39-17-15-38(7)16-18-39/h9-12,20,37H,8,13-19H2,1-7H3,(H,33,42)(H2,34,35,36). The maximum Gasteiger partial charge on any atom is 0.407 e. The molecule has 1 aromatic carbocycles. The summed E-state index contributed by atoms with van der Waals surface area (Å²) in [4.78, 5) is 35.0. The number of ether oxygens (including phenoxy) is 2. The van der Waals surface area contributed by atoms with E-state index in [2.05, 4.69) is 81.3 Å². The number of alkyl carbamates (subject to hydrolysis) is 1. The Morgan fingerprint density at radius 2 is 1.77 bits per heavy atom. The Hall–Kier alpha value is -4.19. The number of guanidine groups is 1. The molecule has 0 saturated carbocycles. The smallest absolute Gasteiger partial charge is 0.407 e. The van der Waals surface area contributed by atoms with E-state index in [1.165, 1.54) is 5.69 Å². The third kappa shape index (κ3) is 6.96. The summed E-state index contributed by atoms with van der Waals surface area (Å²) >= 11 is 0. The number of allylic oxidation sites excluding steroid dienone is 2. The number of nitrogens with one attached hydrogen (secondary N) is 4. The number of esters is 1. The molecule has 1 aromatic rings. The maximum atomic E-state index is 13.3. The minimum atomic E-state index is -0.602. The zero-order valence-corrected chi connectivity index (χ0v) is 27.0. The van der Waals surface area contributed by atoms with E-state index in [-0.39, 0.29) is 18.6 Å². The number of piperazine rings is 1. The zero-order chi connectivity index (χ0) is 31.6. The summed E-state index contributed by atoms with van der Waals surface area (Å²) in [6.45, 7) is 16.5. The molecule has 0 aromatic heterocycles. The van der Waals surface area contributed by atoms with Gasteiger partial charge in [-0.05, 0) is 76.4 Å². The molecule has 3 aliphatic heterocycles. The van der Waals surface area contributed by atoms with E-state index in [0.29, 0.717) is 24.6 Å². The number of rotatable bonds is 7. The number of hydrogen-bond donors (Lipinski definition) is 4. The topological polar surface area (TPSA) is 123 Å². The molecule has 12 nitrogen and oxygen atoms in total. The fourth-order valence-corrected chi connectivity index (χ4v) is 5.88. The third-order valence-corrected chi connectivity index (χ3v) is 7.95. The fraction of sp³-hybridized carbons (Fsp3) is 0.531. The Balaban J connectivity index is 1.35. The number of aliphatic imine (C=N–C) groups is 1. The first kappa shape index (κ1) is 31.2. The largest absolute Gasteiger partial charge is 0.461 e. The van der Waals surface area contributed by atoms with E-state index >= 15 is 0 Å². The Kier molecular flexibility index (Phi) is 8.83. The van der Waals surface area contributed by atoms with Crippen LogP contribution in [0.5, 0.6) is 0 Å². The van der Waals surface area contributed by atoms with Crippen molar-refractivity contribution in [3.63, 3.8) is 0 Å². The van der Waals surface area contributed by atoms with E-state index in [0.717, 1.165) is 54.4 Å². The average Bonchev–Trinajstić information content (AvgIpc) is 3.34. The van der Waals surface area contributed by atoms with Gasteiger partial charge in [-0.25, -0.2) is 14.6 Å². The summed E-state index contributed by atoms with van der Waals surface area (Å²) in [6.07, 6.45) is 2.06. The van der Waals surface area contributed by atoms with Crippen LogP contribution in [0.1, 0.15) is 48.0 Å². The first-order chi connectivity index (χ1) is 20.8. The number of benzene rings is 1. The highest BCUT2D eigenvalue weighted by Gasteiger charge is 2.46. The molecule has 0 unspecified atom stereocenters. The second kappa shape index (κ2) is 12.4. The molecule has 1 fully saturated rings. The van der Waals surface area contributed by atoms with E-state index in [9.17, 15) is 9.59 Å². The second-order valence-corrected chi connectivity index (χ2v) is 13.2. The zero-order valence-electron chi connectivity index (χ0n) is 27.0. The maximum absolute atomic E-state index is 13.3. The molecule has 4 aliphatic rings. The fourth-order valence-electron chi connectivity index (χ4n) is 5.88. The van der Waals surface area contributed by atoms with Gasteiger partial charge >= 0.3 is 12.1 Å². The van der Waals surface area contributed by atoms with Crippen molar-refractivity contribution < 1.29 is 19.1 Å². The van der Waals surface area contributed by atoms with Crippen LogP contribution in [0.15, 0.2) is 63.7 Å². The Morgan fingerprint density at radius 3 is 2.43 bits per heavy atom. The summed E-state index contributed by atoms with van der Waals surface area (Å²) < 4.78 is 10.9. The predicted molar refractivity (Wildman–Crippen MR) is 172 cm³/mol. The van der Waals surface area contributed by atoms with Gasteiger partial charge in [-0.3, -0.25) is 10.4 Å². The van der Waals surface area contributed by atoms with Crippen LogP contribution < -0.4 is 26.3 Å². The third-order valence-electron chi connectivity index (χ3n) is 7.95. The summed E-state index contributed by atoms with van der Waals surface area (Å²) in [5, 5.41) is 11.4. The Labute approximate surface area is 260 Å². The van der Waals surface area contributed by atoms with E-state index in [4.69, 9.17) is 9.47 Å². The van der Waals surface area contributed by atoms with Gasteiger partial charge < -0.3 is 35.2 Å². The molecule has 4 N–H and O–H groups in total. The van der Waals surface area contributed by atoms with Gasteiger partial charge in [0.2, 0.25) is 5.96 Å². The molecule has 238 valence electrons. The van der Waals surface area contributed by atoms with Gasteiger partial charge in [0, 0.05) is 55.9 Å². The van der Waals surface area contributed by atoms with Gasteiger partial charge in [0.1, 0.15) is 11.3 Å². The normalized spacial score (nSPS) is 19.7. The van der Waals surface area contributed by atoms with E-state index < -0.39 is 17.7 Å². The number of fused-ring (bicyclic) bond motifs is 2. The summed E-state index contributed by atoms with van der Waals surface area (Å²) in [5.41, 5.74) is 8.59. The minimum Gasteiger partial charge on any atom is -0.461 e. The molecule has 0 bridgehead atoms. The molecular weight excluding hydrogens is 560 g/mol. The highest BCUT2D eigenvalue weighted by Crippen LogP contribution is 2.49. The van der Waals surface area contributed by atoms with Crippen molar-refractivity contribution in [3.05, 3.63) is 58.7 Å². The summed E-state index contributed by atoms with van der Waals surface area (Å²) in [6, 6.07) is 8.40. The van der Waals surface area contributed by atoms with Gasteiger partial charge in [0.05, 0.1) is 24.5 Å². The molecular formula is C32H46N8O4. The van der Waals surface area contributed by atoms with Crippen molar-refractivity contribution in [2.75, 3.05) is 63.1 Å². The van der Waals surface area contributed by atoms with Crippen LogP contribution in [0, 0.1) is 5.41 Å². The first-order valence-corrected chi connectivity index (χ1v) is 15.4. The number of carbonyl (C=O) groups is 2. The van der Waals surface area contributed by atoms with Crippen molar-refractivity contribution >= 4 is 29.4 Å². The lowest BCUT2D eigenvalue weighted by Gasteiger charge is -2.36. The monoisotopic (exact) mass is 606 g/mol. The molecule has 44 heavy (non-hydrogen) atoms. The molecule has 3 heterocycles. The van der Waals surface area contributed by atoms with Crippen molar-refractivity contribution in [1.82, 2.24) is 26.0 Å². The van der Waals surface area contributed by atoms with Gasteiger partial charge in [-0.15, -0.1) is 0 Å². The van der Waals surface area contributed by atoms with Crippen LogP contribution >= 0.6 is 0 Å². The predicted octanol–water partition coefficient (Wildman–Crippen LogP) is 3.50. The molecule has 0 spiro atoms. The van der Waals surface area contributed by atoms with Gasteiger partial charge in [0.15, 0.2) is 0 Å². The van der Waals surface area contributed by atoms with Gasteiger partial charge in [-0.1, -0.05) is 13.8 Å². The van der Waals surface area contributed by atoms with Crippen molar-refractivity contribution in [1.29, 1.82) is 0 Å². The Morgan fingerprint density at radius 1 is 1.07 bits per heavy atom. The number of nitrogens with zero attached hydrogens (tertiary/aromatic N) is 4. The van der Waals surface area contributed by atoms with Crippen LogP contribution in [-0.2, 0) is 14.3 Å². The van der Waals surface area contributed by atoms with Crippen LogP contribution in [0.2, 0.25) is 0 Å². The number of anilines is 2. The number of amides is 1. The molecule has 1 saturated heterocycles. The Bertz CT molecular complexity index is 1400. The lowest BCUT2D eigenvalue weighted by atomic mass is 9.71. The van der Waals surface area contributed by atoms with Crippen molar-refractivity contribution in [3.8, 4) is 0 Å². The minimum absolute atomic E-state index is 0.254. The van der Waals surface area contributed by atoms with Crippen LogP contribution in [0.25, 0.3) is 0 Å². The van der Waals surface area contributed by atoms with E-state index in [1.54, 1.807) is 11.9 Å². The second-order valence-electron chi connectivity index (χ2n) is 13.2. The van der Waals surface area contributed by atoms with Gasteiger partial charge in [0.25, 0.3) is 0 Å².